The highest BCUT2D eigenvalue weighted by Gasteiger charge is 1.96. The molecule has 5 heteroatoms. The molecule has 0 saturated heterocycles. The molecule has 0 aliphatic carbocycles. The van der Waals surface area contributed by atoms with Crippen LogP contribution in [-0.4, -0.2) is 12.0 Å². The zero-order valence-electron chi connectivity index (χ0n) is 3.29. The number of rotatable bonds is 1. The maximum Gasteiger partial charge on any atom is 0.255 e. The Morgan fingerprint density at radius 3 is 2.17 bits per heavy atom. The normalized spacial score (nSPS) is 19.8. The molecule has 0 aromatic heterocycles. The second-order valence-corrected chi connectivity index (χ2v) is 3.81. The quantitative estimate of drug-likeness (QED) is 0.479. The Kier molecular flexibility index (Phi) is 2.18. The molecule has 0 rings (SSSR count). The summed E-state index contributed by atoms with van der Waals surface area (Å²) in [5, 5.41) is 0. The third-order valence-corrected chi connectivity index (χ3v) is 1.23. The van der Waals surface area contributed by atoms with Gasteiger partial charge in [0.25, 0.3) is 6.64 Å². The predicted molar refractivity (Wildman–Crippen MR) is 27.7 cm³/mol. The second-order valence-electron chi connectivity index (χ2n) is 0.747. The molecule has 3 nitrogen and oxygen atoms in total. The monoisotopic (exact) mass is 127 g/mol. The van der Waals surface area contributed by atoms with Crippen LogP contribution in [0.25, 0.3) is 0 Å². The van der Waals surface area contributed by atoms with E-state index >= 15 is 0 Å². The van der Waals surface area contributed by atoms with Crippen molar-refractivity contribution in [1.29, 1.82) is 0 Å². The van der Waals surface area contributed by atoms with Gasteiger partial charge >= 0.3 is 0 Å². The van der Waals surface area contributed by atoms with Crippen molar-refractivity contribution >= 4 is 18.4 Å². The Balaban J connectivity index is 3.48. The van der Waals surface area contributed by atoms with Gasteiger partial charge in [-0.15, -0.1) is 0 Å². The van der Waals surface area contributed by atoms with E-state index in [0.29, 0.717) is 0 Å². The van der Waals surface area contributed by atoms with Gasteiger partial charge in [-0.2, -0.15) is 0 Å². The van der Waals surface area contributed by atoms with Crippen LogP contribution < -0.4 is 5.50 Å². The first-order chi connectivity index (χ1) is 2.56. The summed E-state index contributed by atoms with van der Waals surface area (Å²) in [5.74, 6) is 0. The van der Waals surface area contributed by atoms with E-state index in [4.69, 9.17) is 10.4 Å². The van der Waals surface area contributed by atoms with Gasteiger partial charge in [0.2, 0.25) is 0 Å². The van der Waals surface area contributed by atoms with Crippen molar-refractivity contribution < 1.29 is 9.42 Å². The lowest BCUT2D eigenvalue weighted by molar-refractivity contribution is 0.388. The average molecular weight is 127 g/mol. The average Bonchev–Trinajstić information content (AvgIpc) is 1.35. The summed E-state index contributed by atoms with van der Waals surface area (Å²) in [6.45, 7) is -2.81. The van der Waals surface area contributed by atoms with Gasteiger partial charge in [0, 0.05) is 7.11 Å². The highest BCUT2D eigenvalue weighted by atomic mass is 32.5. The number of nitrogens with two attached hydrogens (primary N) is 1. The maximum atomic E-state index is 8.31. The summed E-state index contributed by atoms with van der Waals surface area (Å²) < 4.78 is 4.20. The lowest BCUT2D eigenvalue weighted by Crippen LogP contribution is -1.92. The van der Waals surface area contributed by atoms with E-state index in [2.05, 4.69) is 16.3 Å². The molecular formula is CH6NO2PS. The van der Waals surface area contributed by atoms with E-state index in [0.717, 1.165) is 0 Å². The van der Waals surface area contributed by atoms with Crippen LogP contribution in [0.3, 0.4) is 0 Å². The molecule has 0 fully saturated rings. The van der Waals surface area contributed by atoms with Gasteiger partial charge in [0.05, 0.1) is 0 Å². The number of hydrogen-bond donors (Lipinski definition) is 2. The van der Waals surface area contributed by atoms with Crippen molar-refractivity contribution in [3.8, 4) is 0 Å². The molecule has 0 heterocycles. The van der Waals surface area contributed by atoms with Crippen LogP contribution in [0.5, 0.6) is 0 Å². The minimum atomic E-state index is -2.81. The summed E-state index contributed by atoms with van der Waals surface area (Å²) in [6, 6.07) is 0. The zero-order chi connectivity index (χ0) is 5.21. The fraction of sp³-hybridized carbons (Fsp3) is 1.00. The standard InChI is InChI=1S/CH6NO2PS/c1-4-5(2,3)6/h1H3,(H3,2,3,6). The molecule has 3 N–H and O–H groups in total. The third kappa shape index (κ3) is 4.53. The highest BCUT2D eigenvalue weighted by molar-refractivity contribution is 8.08. The van der Waals surface area contributed by atoms with E-state index in [1.807, 2.05) is 0 Å². The van der Waals surface area contributed by atoms with Gasteiger partial charge in [-0.1, -0.05) is 0 Å². The minimum absolute atomic E-state index is 1.28. The van der Waals surface area contributed by atoms with Gasteiger partial charge in [0.15, 0.2) is 0 Å². The van der Waals surface area contributed by atoms with Crippen LogP contribution in [0.2, 0.25) is 0 Å². The van der Waals surface area contributed by atoms with Crippen LogP contribution in [0.4, 0.5) is 0 Å². The van der Waals surface area contributed by atoms with Gasteiger partial charge in [0.1, 0.15) is 0 Å². The molecule has 0 aliphatic heterocycles. The largest absolute Gasteiger partial charge is 0.334 e. The Morgan fingerprint density at radius 2 is 2.17 bits per heavy atom. The summed E-state index contributed by atoms with van der Waals surface area (Å²) in [4.78, 5) is 8.31. The molecule has 0 aromatic rings. The maximum absolute atomic E-state index is 8.31. The summed E-state index contributed by atoms with van der Waals surface area (Å²) in [6.07, 6.45) is 0. The highest BCUT2D eigenvalue weighted by Crippen LogP contribution is 2.29. The molecule has 0 bridgehead atoms. The minimum Gasteiger partial charge on any atom is -0.334 e. The molecule has 0 aliphatic rings. The first kappa shape index (κ1) is 6.53. The predicted octanol–water partition coefficient (Wildman–Crippen LogP) is -0.192. The Bertz CT molecular complexity index is 77.6. The fourth-order valence-corrected chi connectivity index (χ4v) is 0. The molecule has 38 valence electrons. The van der Waals surface area contributed by atoms with Crippen LogP contribution >= 0.6 is 6.64 Å². The van der Waals surface area contributed by atoms with E-state index in [1.54, 1.807) is 0 Å². The van der Waals surface area contributed by atoms with Crippen molar-refractivity contribution in [2.24, 2.45) is 5.50 Å². The molecule has 0 radical (unpaired) electrons. The van der Waals surface area contributed by atoms with Crippen LogP contribution in [0.1, 0.15) is 0 Å². The van der Waals surface area contributed by atoms with Crippen molar-refractivity contribution in [2.75, 3.05) is 7.11 Å². The zero-order valence-corrected chi connectivity index (χ0v) is 5.00. The fourth-order valence-electron chi connectivity index (χ4n) is 0. The summed E-state index contributed by atoms with van der Waals surface area (Å²) in [5.41, 5.74) is 4.79. The van der Waals surface area contributed by atoms with Crippen LogP contribution in [0.15, 0.2) is 0 Å². The summed E-state index contributed by atoms with van der Waals surface area (Å²) >= 11 is 4.21. The molecular weight excluding hydrogens is 121 g/mol. The lowest BCUT2D eigenvalue weighted by Gasteiger charge is -2.00. The van der Waals surface area contributed by atoms with Crippen LogP contribution in [0, 0.1) is 0 Å². The Morgan fingerprint density at radius 1 is 2.00 bits per heavy atom. The molecule has 0 amide bonds. The van der Waals surface area contributed by atoms with E-state index < -0.39 is 6.64 Å². The number of hydrogen-bond acceptors (Lipinski definition) is 2. The van der Waals surface area contributed by atoms with Crippen molar-refractivity contribution in [1.82, 2.24) is 0 Å². The molecule has 0 spiro atoms. The Hall–Kier alpha value is 0.530. The van der Waals surface area contributed by atoms with E-state index in [-0.39, 0.29) is 0 Å². The molecule has 1 unspecified atom stereocenters. The van der Waals surface area contributed by atoms with Gasteiger partial charge in [-0.25, -0.2) is 0 Å². The molecule has 0 aromatic carbocycles. The topological polar surface area (TPSA) is 55.5 Å². The molecule has 0 saturated carbocycles. The first-order valence-corrected chi connectivity index (χ1v) is 3.97. The third-order valence-electron chi connectivity index (χ3n) is 0.262. The van der Waals surface area contributed by atoms with Crippen molar-refractivity contribution in [3.05, 3.63) is 0 Å². The van der Waals surface area contributed by atoms with Crippen LogP contribution in [-0.2, 0) is 16.3 Å². The smallest absolute Gasteiger partial charge is 0.255 e. The van der Waals surface area contributed by atoms with E-state index in [9.17, 15) is 0 Å². The van der Waals surface area contributed by atoms with Gasteiger partial charge in [-0.05, 0) is 11.8 Å². The second kappa shape index (κ2) is 2.00. The van der Waals surface area contributed by atoms with Crippen molar-refractivity contribution in [3.63, 3.8) is 0 Å². The van der Waals surface area contributed by atoms with Crippen molar-refractivity contribution in [2.45, 2.75) is 0 Å². The SMILES string of the molecule is COP(N)(O)=S. The molecule has 1 atom stereocenters. The van der Waals surface area contributed by atoms with Gasteiger partial charge in [-0.3, -0.25) is 5.50 Å². The first-order valence-electron chi connectivity index (χ1n) is 1.23. The van der Waals surface area contributed by atoms with E-state index in [1.165, 1.54) is 7.11 Å². The Labute approximate surface area is 41.3 Å². The molecule has 6 heavy (non-hydrogen) atoms. The van der Waals surface area contributed by atoms with Gasteiger partial charge < -0.3 is 9.42 Å². The summed E-state index contributed by atoms with van der Waals surface area (Å²) in [7, 11) is 1.28. The lowest BCUT2D eigenvalue weighted by atomic mass is 11.8.